The monoisotopic (exact) mass is 275 g/mol. The quantitative estimate of drug-likeness (QED) is 0.867. The van der Waals surface area contributed by atoms with Crippen LogP contribution in [0, 0.1) is 6.92 Å². The lowest BCUT2D eigenvalue weighted by molar-refractivity contribution is -0.140. The molecule has 1 aromatic rings. The topological polar surface area (TPSA) is 40.5 Å². The first kappa shape index (κ1) is 15.0. The summed E-state index contributed by atoms with van der Waals surface area (Å²) in [5, 5.41) is 8.98. The van der Waals surface area contributed by atoms with Crippen molar-refractivity contribution in [1.82, 2.24) is 4.90 Å². The van der Waals surface area contributed by atoms with Gasteiger partial charge in [-0.25, -0.2) is 0 Å². The average Bonchev–Trinajstić information content (AvgIpc) is 2.38. The highest BCUT2D eigenvalue weighted by molar-refractivity contribution is 5.89. The maximum atomic E-state index is 12.9. The largest absolute Gasteiger partial charge is 0.396 e. The van der Waals surface area contributed by atoms with Gasteiger partial charge in [0.1, 0.15) is 0 Å². The maximum Gasteiger partial charge on any atom is 0.233 e. The summed E-state index contributed by atoms with van der Waals surface area (Å²) < 4.78 is 0. The minimum atomic E-state index is -0.308. The summed E-state index contributed by atoms with van der Waals surface area (Å²) in [6.07, 6.45) is 3.68. The summed E-state index contributed by atoms with van der Waals surface area (Å²) in [4.78, 5) is 14.8. The Morgan fingerprint density at radius 2 is 2.15 bits per heavy atom. The molecular weight excluding hydrogens is 250 g/mol. The average molecular weight is 275 g/mol. The van der Waals surface area contributed by atoms with E-state index in [9.17, 15) is 4.79 Å². The fraction of sp³-hybridized carbons (Fsp3) is 0.588. The molecule has 1 aromatic carbocycles. The molecule has 0 radical (unpaired) electrons. The summed E-state index contributed by atoms with van der Waals surface area (Å²) in [6.45, 7) is 5.59. The number of hydrogen-bond donors (Lipinski definition) is 1. The van der Waals surface area contributed by atoms with Crippen LogP contribution in [0.4, 0.5) is 0 Å². The van der Waals surface area contributed by atoms with Gasteiger partial charge in [0.25, 0.3) is 0 Å². The molecular formula is C17H25NO2. The number of amides is 1. The molecule has 0 saturated heterocycles. The predicted molar refractivity (Wildman–Crippen MR) is 80.7 cm³/mol. The highest BCUT2D eigenvalue weighted by Gasteiger charge is 2.47. The Labute approximate surface area is 121 Å². The Balaban J connectivity index is 2.24. The second-order valence-corrected chi connectivity index (χ2v) is 5.77. The number of aliphatic hydroxyl groups excluding tert-OH is 1. The molecule has 1 aliphatic rings. The van der Waals surface area contributed by atoms with E-state index in [4.69, 9.17) is 5.11 Å². The Morgan fingerprint density at radius 3 is 2.65 bits per heavy atom. The van der Waals surface area contributed by atoms with Gasteiger partial charge >= 0.3 is 0 Å². The normalized spacial score (nSPS) is 16.6. The molecule has 0 atom stereocenters. The van der Waals surface area contributed by atoms with Gasteiger partial charge < -0.3 is 10.0 Å². The van der Waals surface area contributed by atoms with Gasteiger partial charge in [0, 0.05) is 19.7 Å². The Morgan fingerprint density at radius 1 is 1.40 bits per heavy atom. The van der Waals surface area contributed by atoms with Crippen LogP contribution in [0.15, 0.2) is 24.3 Å². The van der Waals surface area contributed by atoms with Crippen molar-refractivity contribution >= 4 is 5.91 Å². The van der Waals surface area contributed by atoms with Crippen LogP contribution in [-0.2, 0) is 10.2 Å². The molecule has 0 heterocycles. The van der Waals surface area contributed by atoms with E-state index in [0.29, 0.717) is 19.5 Å². The predicted octanol–water partition coefficient (Wildman–Crippen LogP) is 2.65. The number of carbonyl (C=O) groups is 1. The van der Waals surface area contributed by atoms with E-state index in [2.05, 4.69) is 25.1 Å². The number of aryl methyl sites for hydroxylation is 1. The number of aliphatic hydroxyl groups is 1. The zero-order chi connectivity index (χ0) is 14.6. The third-order valence-corrected chi connectivity index (χ3v) is 4.44. The number of rotatable bonds is 6. The molecule has 0 bridgehead atoms. The summed E-state index contributed by atoms with van der Waals surface area (Å²) in [6, 6.07) is 8.35. The minimum absolute atomic E-state index is 0.140. The van der Waals surface area contributed by atoms with Crippen LogP contribution >= 0.6 is 0 Å². The van der Waals surface area contributed by atoms with Crippen molar-refractivity contribution in [2.24, 2.45) is 0 Å². The SMILES string of the molecule is CCN(CCCO)C(=O)C1(c2cccc(C)c2)CCC1. The molecule has 0 spiro atoms. The molecule has 1 fully saturated rings. The first-order chi connectivity index (χ1) is 9.64. The fourth-order valence-corrected chi connectivity index (χ4v) is 3.07. The van der Waals surface area contributed by atoms with Crippen molar-refractivity contribution in [1.29, 1.82) is 0 Å². The van der Waals surface area contributed by atoms with Crippen LogP contribution in [0.5, 0.6) is 0 Å². The van der Waals surface area contributed by atoms with Crippen molar-refractivity contribution in [3.63, 3.8) is 0 Å². The maximum absolute atomic E-state index is 12.9. The van der Waals surface area contributed by atoms with Crippen molar-refractivity contribution in [3.8, 4) is 0 Å². The molecule has 1 amide bonds. The lowest BCUT2D eigenvalue weighted by Gasteiger charge is -2.44. The Kier molecular flexibility index (Phi) is 4.81. The first-order valence-corrected chi connectivity index (χ1v) is 7.61. The summed E-state index contributed by atoms with van der Waals surface area (Å²) >= 11 is 0. The second kappa shape index (κ2) is 6.40. The van der Waals surface area contributed by atoms with Gasteiger partial charge in [0.05, 0.1) is 5.41 Å². The van der Waals surface area contributed by atoms with Crippen LogP contribution in [-0.4, -0.2) is 35.6 Å². The summed E-state index contributed by atoms with van der Waals surface area (Å²) in [5.74, 6) is 0.241. The molecule has 20 heavy (non-hydrogen) atoms. The molecule has 1 aliphatic carbocycles. The van der Waals surface area contributed by atoms with Crippen LogP contribution in [0.2, 0.25) is 0 Å². The van der Waals surface area contributed by atoms with E-state index >= 15 is 0 Å². The molecule has 0 unspecified atom stereocenters. The molecule has 0 aliphatic heterocycles. The van der Waals surface area contributed by atoms with Crippen molar-refractivity contribution in [2.75, 3.05) is 19.7 Å². The van der Waals surface area contributed by atoms with E-state index in [-0.39, 0.29) is 17.9 Å². The van der Waals surface area contributed by atoms with E-state index < -0.39 is 0 Å². The molecule has 0 aromatic heterocycles. The molecule has 1 saturated carbocycles. The zero-order valence-electron chi connectivity index (χ0n) is 12.6. The fourth-order valence-electron chi connectivity index (χ4n) is 3.07. The standard InChI is InChI=1S/C17H25NO2/c1-3-18(11-6-12-19)16(20)17(9-5-10-17)15-8-4-7-14(2)13-15/h4,7-8,13,19H,3,5-6,9-12H2,1-2H3. The number of benzene rings is 1. The van der Waals surface area contributed by atoms with Gasteiger partial charge in [-0.05, 0) is 38.7 Å². The summed E-state index contributed by atoms with van der Waals surface area (Å²) in [5.41, 5.74) is 2.06. The third-order valence-electron chi connectivity index (χ3n) is 4.44. The summed E-state index contributed by atoms with van der Waals surface area (Å²) in [7, 11) is 0. The number of likely N-dealkylation sites (N-methyl/N-ethyl adjacent to an activating group) is 1. The van der Waals surface area contributed by atoms with Gasteiger partial charge in [-0.3, -0.25) is 4.79 Å². The van der Waals surface area contributed by atoms with Crippen molar-refractivity contribution in [3.05, 3.63) is 35.4 Å². The lowest BCUT2D eigenvalue weighted by Crippen LogP contribution is -2.51. The minimum Gasteiger partial charge on any atom is -0.396 e. The first-order valence-electron chi connectivity index (χ1n) is 7.61. The van der Waals surface area contributed by atoms with Gasteiger partial charge in [0.15, 0.2) is 0 Å². The highest BCUT2D eigenvalue weighted by Crippen LogP contribution is 2.45. The Bertz CT molecular complexity index is 466. The van der Waals surface area contributed by atoms with E-state index in [0.717, 1.165) is 24.8 Å². The van der Waals surface area contributed by atoms with Gasteiger partial charge in [-0.1, -0.05) is 36.2 Å². The van der Waals surface area contributed by atoms with Crippen LogP contribution < -0.4 is 0 Å². The van der Waals surface area contributed by atoms with Crippen LogP contribution in [0.1, 0.15) is 43.7 Å². The van der Waals surface area contributed by atoms with Gasteiger partial charge in [-0.15, -0.1) is 0 Å². The third kappa shape index (κ3) is 2.73. The molecule has 110 valence electrons. The van der Waals surface area contributed by atoms with Crippen LogP contribution in [0.25, 0.3) is 0 Å². The number of carbonyl (C=O) groups excluding carboxylic acids is 1. The second-order valence-electron chi connectivity index (χ2n) is 5.77. The highest BCUT2D eigenvalue weighted by atomic mass is 16.3. The molecule has 3 nitrogen and oxygen atoms in total. The smallest absolute Gasteiger partial charge is 0.233 e. The molecule has 1 N–H and O–H groups in total. The van der Waals surface area contributed by atoms with Crippen LogP contribution in [0.3, 0.4) is 0 Å². The molecule has 2 rings (SSSR count). The number of hydrogen-bond acceptors (Lipinski definition) is 2. The van der Waals surface area contributed by atoms with E-state index in [1.54, 1.807) is 0 Å². The Hall–Kier alpha value is -1.35. The van der Waals surface area contributed by atoms with Gasteiger partial charge in [-0.2, -0.15) is 0 Å². The number of nitrogens with zero attached hydrogens (tertiary/aromatic N) is 1. The van der Waals surface area contributed by atoms with E-state index in [1.165, 1.54) is 5.56 Å². The van der Waals surface area contributed by atoms with Gasteiger partial charge in [0.2, 0.25) is 5.91 Å². The van der Waals surface area contributed by atoms with E-state index in [1.807, 2.05) is 17.9 Å². The molecule has 3 heteroatoms. The van der Waals surface area contributed by atoms with Crippen molar-refractivity contribution < 1.29 is 9.90 Å². The zero-order valence-corrected chi connectivity index (χ0v) is 12.6. The van der Waals surface area contributed by atoms with Crippen molar-refractivity contribution in [2.45, 2.75) is 44.9 Å². The lowest BCUT2D eigenvalue weighted by atomic mass is 9.63.